The number of anilines is 2. The Morgan fingerprint density at radius 3 is 2.83 bits per heavy atom. The average Bonchev–Trinajstić information content (AvgIpc) is 3.32. The molecule has 0 spiro atoms. The van der Waals surface area contributed by atoms with Gasteiger partial charge < -0.3 is 10.2 Å². The lowest BCUT2D eigenvalue weighted by molar-refractivity contribution is -0.122. The molecule has 2 amide bonds. The third-order valence-corrected chi connectivity index (χ3v) is 5.14. The molecule has 7 heteroatoms. The summed E-state index contributed by atoms with van der Waals surface area (Å²) in [5.41, 5.74) is 4.79. The molecule has 0 aliphatic carbocycles. The first-order valence-electron chi connectivity index (χ1n) is 9.59. The molecule has 0 radical (unpaired) electrons. The van der Waals surface area contributed by atoms with Gasteiger partial charge in [-0.25, -0.2) is 9.67 Å². The fourth-order valence-corrected chi connectivity index (χ4v) is 3.72. The van der Waals surface area contributed by atoms with E-state index in [1.54, 1.807) is 15.9 Å². The van der Waals surface area contributed by atoms with Gasteiger partial charge in [0.2, 0.25) is 11.8 Å². The first kappa shape index (κ1) is 18.9. The SMILES string of the molecule is Cc1ccc(N2C[C@@H](C(=O)Nc3cccc(Cn4cncn4)c3)CC2=O)c(C)c1. The van der Waals surface area contributed by atoms with Crippen LogP contribution in [0, 0.1) is 19.8 Å². The largest absolute Gasteiger partial charge is 0.326 e. The zero-order valence-electron chi connectivity index (χ0n) is 16.5. The summed E-state index contributed by atoms with van der Waals surface area (Å²) in [4.78, 5) is 31.0. The third kappa shape index (κ3) is 4.18. The average molecular weight is 389 g/mol. The summed E-state index contributed by atoms with van der Waals surface area (Å²) in [7, 11) is 0. The van der Waals surface area contributed by atoms with Gasteiger partial charge in [-0.15, -0.1) is 0 Å². The van der Waals surface area contributed by atoms with Crippen molar-refractivity contribution < 1.29 is 9.59 Å². The van der Waals surface area contributed by atoms with Crippen molar-refractivity contribution in [3.8, 4) is 0 Å². The van der Waals surface area contributed by atoms with Gasteiger partial charge in [-0.3, -0.25) is 9.59 Å². The summed E-state index contributed by atoms with van der Waals surface area (Å²) in [5, 5.41) is 7.06. The third-order valence-electron chi connectivity index (χ3n) is 5.14. The van der Waals surface area contributed by atoms with Crippen molar-refractivity contribution in [2.75, 3.05) is 16.8 Å². The number of nitrogens with one attached hydrogen (secondary N) is 1. The molecule has 4 rings (SSSR count). The number of rotatable bonds is 5. The molecule has 2 heterocycles. The maximum absolute atomic E-state index is 12.8. The summed E-state index contributed by atoms with van der Waals surface area (Å²) < 4.78 is 1.72. The topological polar surface area (TPSA) is 80.1 Å². The molecule has 1 aromatic heterocycles. The summed E-state index contributed by atoms with van der Waals surface area (Å²) in [5.74, 6) is -0.525. The molecule has 148 valence electrons. The second kappa shape index (κ2) is 7.87. The lowest BCUT2D eigenvalue weighted by Crippen LogP contribution is -2.28. The Morgan fingerprint density at radius 1 is 1.21 bits per heavy atom. The number of benzene rings is 2. The summed E-state index contributed by atoms with van der Waals surface area (Å²) in [6.45, 7) is 4.98. The lowest BCUT2D eigenvalue weighted by atomic mass is 10.1. The van der Waals surface area contributed by atoms with Crippen LogP contribution in [0.3, 0.4) is 0 Å². The number of carbonyl (C=O) groups excluding carboxylic acids is 2. The molecule has 7 nitrogen and oxygen atoms in total. The molecule has 2 aromatic carbocycles. The maximum Gasteiger partial charge on any atom is 0.229 e. The number of hydrogen-bond acceptors (Lipinski definition) is 4. The summed E-state index contributed by atoms with van der Waals surface area (Å²) in [6, 6.07) is 13.6. The highest BCUT2D eigenvalue weighted by Crippen LogP contribution is 2.29. The van der Waals surface area contributed by atoms with Gasteiger partial charge in [-0.05, 0) is 43.2 Å². The molecule has 1 fully saturated rings. The second-order valence-electron chi connectivity index (χ2n) is 7.48. The van der Waals surface area contributed by atoms with Crippen LogP contribution in [0.1, 0.15) is 23.1 Å². The number of carbonyl (C=O) groups is 2. The van der Waals surface area contributed by atoms with Crippen LogP contribution in [0.25, 0.3) is 0 Å². The molecule has 1 aliphatic rings. The Balaban J connectivity index is 1.43. The summed E-state index contributed by atoms with van der Waals surface area (Å²) >= 11 is 0. The van der Waals surface area contributed by atoms with Crippen molar-refractivity contribution in [2.24, 2.45) is 5.92 Å². The normalized spacial score (nSPS) is 16.3. The zero-order valence-corrected chi connectivity index (χ0v) is 16.5. The second-order valence-corrected chi connectivity index (χ2v) is 7.48. The van der Waals surface area contributed by atoms with E-state index in [4.69, 9.17) is 0 Å². The van der Waals surface area contributed by atoms with Crippen LogP contribution in [0.2, 0.25) is 0 Å². The van der Waals surface area contributed by atoms with Crippen molar-refractivity contribution in [2.45, 2.75) is 26.8 Å². The Bertz CT molecular complexity index is 1050. The van der Waals surface area contributed by atoms with E-state index in [2.05, 4.69) is 21.5 Å². The standard InChI is InChI=1S/C22H23N5O2/c1-15-6-7-20(16(2)8-15)27-12-18(10-21(27)28)22(29)25-19-5-3-4-17(9-19)11-26-14-23-13-24-26/h3-9,13-14,18H,10-12H2,1-2H3,(H,25,29)/t18-/m0/s1. The van der Waals surface area contributed by atoms with E-state index in [9.17, 15) is 9.59 Å². The van der Waals surface area contributed by atoms with Crippen LogP contribution in [0.5, 0.6) is 0 Å². The van der Waals surface area contributed by atoms with Gasteiger partial charge in [-0.1, -0.05) is 29.8 Å². The van der Waals surface area contributed by atoms with E-state index < -0.39 is 0 Å². The smallest absolute Gasteiger partial charge is 0.229 e. The maximum atomic E-state index is 12.8. The lowest BCUT2D eigenvalue weighted by Gasteiger charge is -2.19. The highest BCUT2D eigenvalue weighted by atomic mass is 16.2. The molecule has 0 unspecified atom stereocenters. The Labute approximate surface area is 169 Å². The quantitative estimate of drug-likeness (QED) is 0.728. The Hall–Kier alpha value is -3.48. The van der Waals surface area contributed by atoms with Gasteiger partial charge in [-0.2, -0.15) is 5.10 Å². The van der Waals surface area contributed by atoms with Crippen molar-refractivity contribution >= 4 is 23.2 Å². The number of nitrogens with zero attached hydrogens (tertiary/aromatic N) is 4. The van der Waals surface area contributed by atoms with Crippen LogP contribution in [0.4, 0.5) is 11.4 Å². The van der Waals surface area contributed by atoms with Gasteiger partial charge in [0.25, 0.3) is 0 Å². The number of aryl methyl sites for hydroxylation is 2. The molecule has 3 aromatic rings. The highest BCUT2D eigenvalue weighted by Gasteiger charge is 2.35. The molecule has 29 heavy (non-hydrogen) atoms. The van der Waals surface area contributed by atoms with Gasteiger partial charge in [0.15, 0.2) is 0 Å². The summed E-state index contributed by atoms with van der Waals surface area (Å²) in [6.07, 6.45) is 3.36. The van der Waals surface area contributed by atoms with Gasteiger partial charge in [0, 0.05) is 24.3 Å². The van der Waals surface area contributed by atoms with E-state index in [1.165, 1.54) is 6.33 Å². The van der Waals surface area contributed by atoms with E-state index >= 15 is 0 Å². The van der Waals surface area contributed by atoms with Crippen LogP contribution >= 0.6 is 0 Å². The zero-order chi connectivity index (χ0) is 20.4. The van der Waals surface area contributed by atoms with Crippen LogP contribution < -0.4 is 10.2 Å². The van der Waals surface area contributed by atoms with E-state index in [0.29, 0.717) is 18.8 Å². The van der Waals surface area contributed by atoms with Crippen molar-refractivity contribution in [3.63, 3.8) is 0 Å². The fraction of sp³-hybridized carbons (Fsp3) is 0.273. The first-order valence-corrected chi connectivity index (χ1v) is 9.59. The van der Waals surface area contributed by atoms with Crippen LogP contribution in [-0.2, 0) is 16.1 Å². The van der Waals surface area contributed by atoms with E-state index in [1.807, 2.05) is 50.2 Å². The minimum atomic E-state index is -0.373. The molecule has 1 atom stereocenters. The van der Waals surface area contributed by atoms with Crippen molar-refractivity contribution in [1.82, 2.24) is 14.8 Å². The molecular weight excluding hydrogens is 366 g/mol. The monoisotopic (exact) mass is 389 g/mol. The molecule has 1 aliphatic heterocycles. The number of hydrogen-bond donors (Lipinski definition) is 1. The molecular formula is C22H23N5O2. The van der Waals surface area contributed by atoms with Crippen molar-refractivity contribution in [1.29, 1.82) is 0 Å². The van der Waals surface area contributed by atoms with Gasteiger partial charge >= 0.3 is 0 Å². The number of amides is 2. The van der Waals surface area contributed by atoms with Gasteiger partial charge in [0.05, 0.1) is 12.5 Å². The predicted molar refractivity (Wildman–Crippen MR) is 111 cm³/mol. The number of aromatic nitrogens is 3. The Kier molecular flexibility index (Phi) is 5.12. The highest BCUT2D eigenvalue weighted by molar-refractivity contribution is 6.03. The van der Waals surface area contributed by atoms with Crippen LogP contribution in [-0.4, -0.2) is 33.1 Å². The minimum absolute atomic E-state index is 0.0166. The Morgan fingerprint density at radius 2 is 2.07 bits per heavy atom. The molecule has 0 saturated carbocycles. The fourth-order valence-electron chi connectivity index (χ4n) is 3.72. The van der Waals surface area contributed by atoms with Crippen molar-refractivity contribution in [3.05, 3.63) is 71.8 Å². The van der Waals surface area contributed by atoms with E-state index in [-0.39, 0.29) is 24.2 Å². The molecule has 0 bridgehead atoms. The first-order chi connectivity index (χ1) is 14.0. The minimum Gasteiger partial charge on any atom is -0.326 e. The molecule has 1 N–H and O–H groups in total. The predicted octanol–water partition coefficient (Wildman–Crippen LogP) is 2.93. The van der Waals surface area contributed by atoms with Crippen LogP contribution in [0.15, 0.2) is 55.1 Å². The molecule has 1 saturated heterocycles. The van der Waals surface area contributed by atoms with Gasteiger partial charge in [0.1, 0.15) is 12.7 Å². The van der Waals surface area contributed by atoms with E-state index in [0.717, 1.165) is 22.4 Å².